The van der Waals surface area contributed by atoms with E-state index in [4.69, 9.17) is 4.74 Å². The topological polar surface area (TPSA) is 110 Å². The van der Waals surface area contributed by atoms with Gasteiger partial charge in [-0.2, -0.15) is 0 Å². The minimum atomic E-state index is -0.608. The Morgan fingerprint density at radius 2 is 1.62 bits per heavy atom. The predicted molar refractivity (Wildman–Crippen MR) is 180 cm³/mol. The zero-order valence-corrected chi connectivity index (χ0v) is 28.4. The van der Waals surface area contributed by atoms with E-state index in [0.717, 1.165) is 22.1 Å². The van der Waals surface area contributed by atoms with Crippen LogP contribution in [0.5, 0.6) is 5.75 Å². The van der Waals surface area contributed by atoms with Crippen molar-refractivity contribution in [3.63, 3.8) is 0 Å². The van der Waals surface area contributed by atoms with Crippen LogP contribution < -0.4 is 0 Å². The van der Waals surface area contributed by atoms with Crippen LogP contribution >= 0.6 is 11.3 Å². The number of aromatic nitrogens is 2. The van der Waals surface area contributed by atoms with Crippen LogP contribution in [0, 0.1) is 17.7 Å². The van der Waals surface area contributed by atoms with E-state index in [1.165, 1.54) is 35.9 Å². The molecule has 47 heavy (non-hydrogen) atoms. The Hall–Kier alpha value is -4.44. The van der Waals surface area contributed by atoms with Gasteiger partial charge in [-0.1, -0.05) is 45.0 Å². The Kier molecular flexibility index (Phi) is 9.63. The highest BCUT2D eigenvalue weighted by atomic mass is 32.1. The fourth-order valence-electron chi connectivity index (χ4n) is 5.34. The molecule has 0 aliphatic carbocycles. The van der Waals surface area contributed by atoms with Gasteiger partial charge in [0, 0.05) is 65.5 Å². The average molecular weight is 658 g/mol. The summed E-state index contributed by atoms with van der Waals surface area (Å²) >= 11 is 1.46. The van der Waals surface area contributed by atoms with Gasteiger partial charge in [-0.05, 0) is 62.4 Å². The van der Waals surface area contributed by atoms with Crippen molar-refractivity contribution in [1.82, 2.24) is 14.9 Å². The highest BCUT2D eigenvalue weighted by Gasteiger charge is 2.41. The SMILES string of the molecule is CC(C)(C)OC(=O)C1CN(C(=O)[C@@H](CC(=O)c2ccc(C(C)(C)C)s2)Cc2ccc(-c3ncc(-c4ccc(O)cc4F)cn3)cc2)C1. The Morgan fingerprint density at radius 1 is 0.957 bits per heavy atom. The average Bonchev–Trinajstić information content (AvgIpc) is 3.47. The largest absolute Gasteiger partial charge is 0.508 e. The minimum absolute atomic E-state index is 0.0523. The standard InChI is InChI=1S/C37H40FN3O5S/c1-36(2,3)32-14-13-31(47-32)30(43)16-24(34(44)41-20-26(21-41)35(45)46-37(4,5)6)15-22-7-9-23(10-8-22)33-39-18-25(19-40-33)28-12-11-27(42)17-29(28)38/h7-14,17-19,24,26,42H,15-16,20-21H2,1-6H3/t24-/m1/s1. The summed E-state index contributed by atoms with van der Waals surface area (Å²) in [7, 11) is 0. The molecule has 4 aromatic rings. The number of rotatable bonds is 9. The van der Waals surface area contributed by atoms with Crippen molar-refractivity contribution >= 4 is 29.0 Å². The lowest BCUT2D eigenvalue weighted by molar-refractivity contribution is -0.168. The van der Waals surface area contributed by atoms with Gasteiger partial charge in [0.05, 0.1) is 10.8 Å². The Balaban J connectivity index is 1.30. The molecule has 0 radical (unpaired) electrons. The Morgan fingerprint density at radius 3 is 2.19 bits per heavy atom. The number of hydrogen-bond donors (Lipinski definition) is 1. The van der Waals surface area contributed by atoms with E-state index in [-0.39, 0.29) is 59.8 Å². The van der Waals surface area contributed by atoms with Crippen LogP contribution in [0.1, 0.15) is 68.1 Å². The minimum Gasteiger partial charge on any atom is -0.508 e. The van der Waals surface area contributed by atoms with Crippen molar-refractivity contribution in [3.8, 4) is 28.3 Å². The van der Waals surface area contributed by atoms with Crippen molar-refractivity contribution < 1.29 is 28.6 Å². The number of amides is 1. The monoisotopic (exact) mass is 657 g/mol. The number of likely N-dealkylation sites (tertiary alicyclic amines) is 1. The quantitative estimate of drug-likeness (QED) is 0.149. The molecule has 2 aromatic heterocycles. The molecule has 10 heteroatoms. The summed E-state index contributed by atoms with van der Waals surface area (Å²) in [6, 6.07) is 15.2. The second-order valence-electron chi connectivity index (χ2n) is 14.1. The van der Waals surface area contributed by atoms with Gasteiger partial charge in [0.15, 0.2) is 11.6 Å². The number of carbonyl (C=O) groups is 3. The molecule has 1 saturated heterocycles. The first-order valence-electron chi connectivity index (χ1n) is 15.6. The van der Waals surface area contributed by atoms with Crippen molar-refractivity contribution in [3.05, 3.63) is 88.1 Å². The molecule has 0 saturated carbocycles. The summed E-state index contributed by atoms with van der Waals surface area (Å²) in [6.07, 6.45) is 3.45. The van der Waals surface area contributed by atoms with Gasteiger partial charge in [0.25, 0.3) is 0 Å². The van der Waals surface area contributed by atoms with Gasteiger partial charge in [-0.25, -0.2) is 14.4 Å². The van der Waals surface area contributed by atoms with E-state index in [9.17, 15) is 23.9 Å². The van der Waals surface area contributed by atoms with E-state index in [0.29, 0.717) is 22.7 Å². The molecule has 1 aliphatic heterocycles. The van der Waals surface area contributed by atoms with Crippen LogP contribution in [0.2, 0.25) is 0 Å². The third kappa shape index (κ3) is 8.29. The molecule has 8 nitrogen and oxygen atoms in total. The van der Waals surface area contributed by atoms with Gasteiger partial charge >= 0.3 is 5.97 Å². The molecule has 0 unspecified atom stereocenters. The van der Waals surface area contributed by atoms with Crippen molar-refractivity contribution in [1.29, 1.82) is 0 Å². The van der Waals surface area contributed by atoms with Crippen LogP contribution in [0.3, 0.4) is 0 Å². The van der Waals surface area contributed by atoms with Gasteiger partial charge in [-0.3, -0.25) is 14.4 Å². The summed E-state index contributed by atoms with van der Waals surface area (Å²) in [5.41, 5.74) is 1.68. The summed E-state index contributed by atoms with van der Waals surface area (Å²) in [5, 5.41) is 9.49. The first kappa shape index (κ1) is 33.9. The van der Waals surface area contributed by atoms with Crippen molar-refractivity contribution in [2.24, 2.45) is 11.8 Å². The molecule has 2 aromatic carbocycles. The number of nitrogens with zero attached hydrogens (tertiary/aromatic N) is 3. The molecular weight excluding hydrogens is 617 g/mol. The maximum atomic E-state index is 14.3. The predicted octanol–water partition coefficient (Wildman–Crippen LogP) is 7.25. The number of thiophene rings is 1. The number of hydrogen-bond acceptors (Lipinski definition) is 8. The van der Waals surface area contributed by atoms with Crippen molar-refractivity contribution in [2.75, 3.05) is 13.1 Å². The fourth-order valence-corrected chi connectivity index (χ4v) is 6.35. The third-order valence-corrected chi connectivity index (χ3v) is 9.50. The second kappa shape index (κ2) is 13.4. The number of halogens is 1. The van der Waals surface area contributed by atoms with Gasteiger partial charge in [0.2, 0.25) is 5.91 Å². The first-order chi connectivity index (χ1) is 22.1. The number of ketones is 1. The summed E-state index contributed by atoms with van der Waals surface area (Å²) in [4.78, 5) is 51.9. The molecule has 1 amide bonds. The van der Waals surface area contributed by atoms with Gasteiger partial charge in [0.1, 0.15) is 17.2 Å². The molecular formula is C37H40FN3O5S. The number of ether oxygens (including phenoxy) is 1. The smallest absolute Gasteiger partial charge is 0.313 e. The highest BCUT2D eigenvalue weighted by molar-refractivity contribution is 7.14. The molecule has 1 N–H and O–H groups in total. The molecule has 3 heterocycles. The van der Waals surface area contributed by atoms with Gasteiger partial charge < -0.3 is 14.7 Å². The number of phenolic OH excluding ortho intramolecular Hbond substituents is 1. The van der Waals surface area contributed by atoms with Crippen LogP contribution in [-0.4, -0.2) is 56.3 Å². The summed E-state index contributed by atoms with van der Waals surface area (Å²) in [5.74, 6) is -1.82. The molecule has 1 aliphatic rings. The number of aromatic hydroxyl groups is 1. The lowest BCUT2D eigenvalue weighted by Gasteiger charge is -2.40. The lowest BCUT2D eigenvalue weighted by atomic mass is 9.89. The van der Waals surface area contributed by atoms with E-state index in [1.807, 2.05) is 57.2 Å². The lowest BCUT2D eigenvalue weighted by Crippen LogP contribution is -2.56. The maximum absolute atomic E-state index is 14.3. The van der Waals surface area contributed by atoms with Crippen LogP contribution in [0.15, 0.2) is 67.0 Å². The highest BCUT2D eigenvalue weighted by Crippen LogP contribution is 2.32. The number of benzene rings is 2. The number of esters is 1. The molecule has 1 atom stereocenters. The molecule has 0 spiro atoms. The van der Waals surface area contributed by atoms with E-state index in [2.05, 4.69) is 30.7 Å². The second-order valence-corrected chi connectivity index (χ2v) is 15.2. The summed E-state index contributed by atoms with van der Waals surface area (Å²) in [6.45, 7) is 12.3. The number of Topliss-reactive ketones (excluding diaryl/α,β-unsaturated/α-hetero) is 1. The maximum Gasteiger partial charge on any atom is 0.313 e. The van der Waals surface area contributed by atoms with Crippen molar-refractivity contribution in [2.45, 2.75) is 65.4 Å². The fraction of sp³-hybridized carbons (Fsp3) is 0.378. The number of carbonyl (C=O) groups excluding carboxylic acids is 3. The van der Waals surface area contributed by atoms with E-state index < -0.39 is 17.3 Å². The first-order valence-corrected chi connectivity index (χ1v) is 16.4. The molecule has 1 fully saturated rings. The molecule has 0 bridgehead atoms. The van der Waals surface area contributed by atoms with Gasteiger partial charge in [-0.15, -0.1) is 11.3 Å². The zero-order chi connectivity index (χ0) is 34.1. The molecule has 5 rings (SSSR count). The normalized spacial score (nSPS) is 14.4. The van der Waals surface area contributed by atoms with E-state index >= 15 is 0 Å². The van der Waals surface area contributed by atoms with E-state index in [1.54, 1.807) is 4.90 Å². The third-order valence-electron chi connectivity index (χ3n) is 7.94. The van der Waals surface area contributed by atoms with Crippen LogP contribution in [0.4, 0.5) is 4.39 Å². The molecule has 246 valence electrons. The zero-order valence-electron chi connectivity index (χ0n) is 27.5. The van der Waals surface area contributed by atoms with Crippen LogP contribution in [0.25, 0.3) is 22.5 Å². The Labute approximate surface area is 278 Å². The Bertz CT molecular complexity index is 1770. The van der Waals surface area contributed by atoms with Crippen LogP contribution in [-0.2, 0) is 26.2 Å². The summed E-state index contributed by atoms with van der Waals surface area (Å²) < 4.78 is 19.8. The number of phenols is 1.